The smallest absolute Gasteiger partial charge is 0.132 e. The van der Waals surface area contributed by atoms with Gasteiger partial charge < -0.3 is 4.74 Å². The number of hydrogen-bond acceptors (Lipinski definition) is 4. The van der Waals surface area contributed by atoms with Crippen molar-refractivity contribution >= 4 is 26.8 Å². The number of nitrogens with zero attached hydrogens (tertiary/aromatic N) is 3. The minimum Gasteiger partial charge on any atom is -0.496 e. The molecule has 0 atom stereocenters. The molecule has 0 fully saturated rings. The maximum atomic E-state index is 9.54. The maximum Gasteiger partial charge on any atom is 0.132 e. The molecule has 0 radical (unpaired) electrons. The number of rotatable bonds is 2. The van der Waals surface area contributed by atoms with E-state index in [2.05, 4.69) is 32.0 Å². The van der Waals surface area contributed by atoms with Gasteiger partial charge in [-0.2, -0.15) is 5.26 Å². The Kier molecular flexibility index (Phi) is 3.78. The zero-order chi connectivity index (χ0) is 15.7. The van der Waals surface area contributed by atoms with E-state index in [0.29, 0.717) is 21.4 Å². The molecule has 0 saturated carbocycles. The first-order valence-corrected chi connectivity index (χ1v) is 7.43. The molecule has 0 amide bonds. The third-order valence-electron chi connectivity index (χ3n) is 3.48. The second-order valence-electron chi connectivity index (χ2n) is 4.87. The molecular formula is C17H12BrN3O. The van der Waals surface area contributed by atoms with Crippen molar-refractivity contribution in [1.29, 1.82) is 5.26 Å². The zero-order valence-corrected chi connectivity index (χ0v) is 13.7. The van der Waals surface area contributed by atoms with E-state index in [0.717, 1.165) is 22.1 Å². The van der Waals surface area contributed by atoms with Crippen LogP contribution in [0.3, 0.4) is 0 Å². The summed E-state index contributed by atoms with van der Waals surface area (Å²) in [5.74, 6) is 0.579. The fourth-order valence-electron chi connectivity index (χ4n) is 2.52. The molecule has 0 saturated heterocycles. The maximum absolute atomic E-state index is 9.54. The van der Waals surface area contributed by atoms with E-state index >= 15 is 0 Å². The van der Waals surface area contributed by atoms with Gasteiger partial charge in [-0.05, 0) is 34.5 Å². The average Bonchev–Trinajstić information content (AvgIpc) is 2.53. The molecule has 3 aromatic rings. The number of fused-ring (bicyclic) bond motifs is 1. The molecule has 108 valence electrons. The SMILES string of the molecule is COc1cc(C#N)c(-c2cccc(C)c2)c2ncnc(Br)c12. The highest BCUT2D eigenvalue weighted by Gasteiger charge is 2.18. The number of benzene rings is 2. The Morgan fingerprint density at radius 1 is 1.23 bits per heavy atom. The van der Waals surface area contributed by atoms with Gasteiger partial charge in [-0.3, -0.25) is 0 Å². The summed E-state index contributed by atoms with van der Waals surface area (Å²) in [4.78, 5) is 8.56. The van der Waals surface area contributed by atoms with Crippen LogP contribution in [0, 0.1) is 18.3 Å². The molecule has 1 heterocycles. The molecule has 0 spiro atoms. The van der Waals surface area contributed by atoms with Crippen LogP contribution in [0.5, 0.6) is 5.75 Å². The van der Waals surface area contributed by atoms with Gasteiger partial charge in [0.2, 0.25) is 0 Å². The van der Waals surface area contributed by atoms with Crippen LogP contribution in [0.25, 0.3) is 22.0 Å². The Balaban J connectivity index is 2.49. The van der Waals surface area contributed by atoms with Gasteiger partial charge in [-0.1, -0.05) is 29.8 Å². The first-order valence-electron chi connectivity index (χ1n) is 6.64. The van der Waals surface area contributed by atoms with Crippen LogP contribution in [0.2, 0.25) is 0 Å². The first-order chi connectivity index (χ1) is 10.7. The van der Waals surface area contributed by atoms with E-state index < -0.39 is 0 Å². The molecule has 0 aliphatic heterocycles. The van der Waals surface area contributed by atoms with E-state index in [9.17, 15) is 5.26 Å². The lowest BCUT2D eigenvalue weighted by molar-refractivity contribution is 0.419. The Hall–Kier alpha value is -2.45. The van der Waals surface area contributed by atoms with E-state index in [1.165, 1.54) is 6.33 Å². The number of methoxy groups -OCH3 is 1. The first kappa shape index (κ1) is 14.5. The molecule has 0 aliphatic rings. The summed E-state index contributed by atoms with van der Waals surface area (Å²) in [5.41, 5.74) is 4.10. The molecule has 1 aromatic heterocycles. The fourth-order valence-corrected chi connectivity index (χ4v) is 2.99. The van der Waals surface area contributed by atoms with Gasteiger partial charge >= 0.3 is 0 Å². The fraction of sp³-hybridized carbons (Fsp3) is 0.118. The van der Waals surface area contributed by atoms with Crippen molar-refractivity contribution in [1.82, 2.24) is 9.97 Å². The molecule has 0 bridgehead atoms. The normalized spacial score (nSPS) is 10.5. The van der Waals surface area contributed by atoms with Gasteiger partial charge in [0.05, 0.1) is 29.6 Å². The van der Waals surface area contributed by atoms with Crippen molar-refractivity contribution in [3.63, 3.8) is 0 Å². The number of hydrogen-bond donors (Lipinski definition) is 0. The van der Waals surface area contributed by atoms with E-state index in [4.69, 9.17) is 4.74 Å². The quantitative estimate of drug-likeness (QED) is 0.646. The highest BCUT2D eigenvalue weighted by Crippen LogP contribution is 2.39. The number of nitriles is 1. The summed E-state index contributed by atoms with van der Waals surface area (Å²) in [5, 5.41) is 10.3. The van der Waals surface area contributed by atoms with E-state index in [1.807, 2.05) is 31.2 Å². The second kappa shape index (κ2) is 5.74. The van der Waals surface area contributed by atoms with E-state index in [-0.39, 0.29) is 0 Å². The van der Waals surface area contributed by atoms with Crippen molar-refractivity contribution in [3.05, 3.63) is 52.4 Å². The number of aromatic nitrogens is 2. The summed E-state index contributed by atoms with van der Waals surface area (Å²) in [6.45, 7) is 2.02. The van der Waals surface area contributed by atoms with Crippen molar-refractivity contribution in [2.45, 2.75) is 6.92 Å². The zero-order valence-electron chi connectivity index (χ0n) is 12.1. The van der Waals surface area contributed by atoms with Crippen LogP contribution in [0.15, 0.2) is 41.3 Å². The van der Waals surface area contributed by atoms with Gasteiger partial charge in [0.1, 0.15) is 16.7 Å². The Bertz CT molecular complexity index is 916. The minimum absolute atomic E-state index is 0.528. The molecule has 0 unspecified atom stereocenters. The van der Waals surface area contributed by atoms with Crippen LogP contribution in [0.1, 0.15) is 11.1 Å². The third-order valence-corrected chi connectivity index (χ3v) is 4.08. The number of ether oxygens (including phenoxy) is 1. The average molecular weight is 354 g/mol. The van der Waals surface area contributed by atoms with Crippen molar-refractivity contribution < 1.29 is 4.74 Å². The summed E-state index contributed by atoms with van der Waals surface area (Å²) in [7, 11) is 1.57. The molecule has 0 aliphatic carbocycles. The summed E-state index contributed by atoms with van der Waals surface area (Å²) >= 11 is 3.44. The van der Waals surface area contributed by atoms with Crippen molar-refractivity contribution in [2.75, 3.05) is 7.11 Å². The Labute approximate surface area is 136 Å². The summed E-state index contributed by atoms with van der Waals surface area (Å²) < 4.78 is 6.05. The van der Waals surface area contributed by atoms with Crippen molar-refractivity contribution in [3.8, 4) is 22.9 Å². The molecule has 5 heteroatoms. The Morgan fingerprint density at radius 2 is 2.05 bits per heavy atom. The predicted octanol–water partition coefficient (Wildman–Crippen LogP) is 4.25. The van der Waals surface area contributed by atoms with Crippen LogP contribution >= 0.6 is 15.9 Å². The topological polar surface area (TPSA) is 58.8 Å². The summed E-state index contributed by atoms with van der Waals surface area (Å²) in [6, 6.07) is 12.0. The van der Waals surface area contributed by atoms with Crippen LogP contribution < -0.4 is 4.74 Å². The van der Waals surface area contributed by atoms with Crippen LogP contribution in [0.4, 0.5) is 0 Å². The molecule has 22 heavy (non-hydrogen) atoms. The standard InChI is InChI=1S/C17H12BrN3O/c1-10-4-3-5-11(6-10)14-12(8-19)7-13(22-2)15-16(14)20-9-21-17(15)18/h3-7,9H,1-2H3. The monoisotopic (exact) mass is 353 g/mol. The Morgan fingerprint density at radius 3 is 2.73 bits per heavy atom. The minimum atomic E-state index is 0.528. The lowest BCUT2D eigenvalue weighted by Crippen LogP contribution is -1.96. The van der Waals surface area contributed by atoms with E-state index in [1.54, 1.807) is 13.2 Å². The van der Waals surface area contributed by atoms with Crippen LogP contribution in [-0.2, 0) is 0 Å². The predicted molar refractivity (Wildman–Crippen MR) is 88.7 cm³/mol. The van der Waals surface area contributed by atoms with Gasteiger partial charge in [-0.25, -0.2) is 9.97 Å². The van der Waals surface area contributed by atoms with Gasteiger partial charge in [0.15, 0.2) is 0 Å². The lowest BCUT2D eigenvalue weighted by Gasteiger charge is -2.13. The lowest BCUT2D eigenvalue weighted by atomic mass is 9.95. The van der Waals surface area contributed by atoms with Crippen molar-refractivity contribution in [2.24, 2.45) is 0 Å². The largest absolute Gasteiger partial charge is 0.496 e. The highest BCUT2D eigenvalue weighted by molar-refractivity contribution is 9.10. The molecule has 4 nitrogen and oxygen atoms in total. The highest BCUT2D eigenvalue weighted by atomic mass is 79.9. The summed E-state index contributed by atoms with van der Waals surface area (Å²) in [6.07, 6.45) is 1.48. The molecular weight excluding hydrogens is 342 g/mol. The number of halogens is 1. The second-order valence-corrected chi connectivity index (χ2v) is 5.62. The van der Waals surface area contributed by atoms with Crippen LogP contribution in [-0.4, -0.2) is 17.1 Å². The number of aryl methyl sites for hydroxylation is 1. The molecule has 0 N–H and O–H groups in total. The van der Waals surface area contributed by atoms with Gasteiger partial charge in [0.25, 0.3) is 0 Å². The molecule has 2 aromatic carbocycles. The third kappa shape index (κ3) is 2.32. The van der Waals surface area contributed by atoms with Gasteiger partial charge in [-0.15, -0.1) is 0 Å². The molecule has 3 rings (SSSR count). The van der Waals surface area contributed by atoms with Gasteiger partial charge in [0, 0.05) is 5.56 Å².